The van der Waals surface area contributed by atoms with Gasteiger partial charge >= 0.3 is 0 Å². The second kappa shape index (κ2) is 8.10. The van der Waals surface area contributed by atoms with Crippen LogP contribution in [0.15, 0.2) is 0 Å². The molecule has 2 heteroatoms. The molecule has 0 radical (unpaired) electrons. The smallest absolute Gasteiger partial charge is 0.0676 e. The van der Waals surface area contributed by atoms with Crippen LogP contribution in [0.1, 0.15) is 60.8 Å². The van der Waals surface area contributed by atoms with Gasteiger partial charge in [-0.05, 0) is 45.4 Å². The molecule has 0 spiro atoms. The molecule has 0 heterocycles. The van der Waals surface area contributed by atoms with Crippen LogP contribution in [0.25, 0.3) is 0 Å². The molecule has 0 fully saturated rings. The van der Waals surface area contributed by atoms with Gasteiger partial charge in [-0.2, -0.15) is 0 Å². The van der Waals surface area contributed by atoms with Gasteiger partial charge in [-0.25, -0.2) is 0 Å². The Bertz CT molecular complexity index is 191. The largest absolute Gasteiger partial charge is 0.379 e. The average Bonchev–Trinajstić information content (AvgIpc) is 2.26. The van der Waals surface area contributed by atoms with E-state index in [0.717, 1.165) is 19.4 Å². The Morgan fingerprint density at radius 3 is 2.12 bits per heavy atom. The van der Waals surface area contributed by atoms with Crippen molar-refractivity contribution < 1.29 is 9.47 Å². The topological polar surface area (TPSA) is 18.5 Å². The van der Waals surface area contributed by atoms with E-state index in [-0.39, 0.29) is 5.60 Å². The summed E-state index contributed by atoms with van der Waals surface area (Å²) >= 11 is 0. The molecular weight excluding hydrogens is 212 g/mol. The molecule has 3 atom stereocenters. The Balaban J connectivity index is 4.16. The summed E-state index contributed by atoms with van der Waals surface area (Å²) < 4.78 is 11.4. The van der Waals surface area contributed by atoms with Crippen molar-refractivity contribution in [2.45, 2.75) is 72.5 Å². The van der Waals surface area contributed by atoms with E-state index in [1.807, 2.05) is 7.11 Å². The Morgan fingerprint density at radius 1 is 1.12 bits per heavy atom. The van der Waals surface area contributed by atoms with Crippen molar-refractivity contribution in [3.05, 3.63) is 0 Å². The second-order valence-electron chi connectivity index (χ2n) is 5.89. The van der Waals surface area contributed by atoms with Crippen molar-refractivity contribution in [1.82, 2.24) is 0 Å². The SMILES string of the molecule is CCCC(C)(OC)C(C)CC(C)COC(C)C. The van der Waals surface area contributed by atoms with Gasteiger partial charge in [-0.15, -0.1) is 0 Å². The first-order valence-corrected chi connectivity index (χ1v) is 7.02. The van der Waals surface area contributed by atoms with E-state index in [9.17, 15) is 0 Å². The zero-order chi connectivity index (χ0) is 13.5. The molecule has 0 aromatic rings. The van der Waals surface area contributed by atoms with E-state index in [0.29, 0.717) is 17.9 Å². The second-order valence-corrected chi connectivity index (χ2v) is 5.89. The maximum absolute atomic E-state index is 5.73. The van der Waals surface area contributed by atoms with Gasteiger partial charge in [-0.1, -0.05) is 27.2 Å². The molecule has 0 saturated carbocycles. The van der Waals surface area contributed by atoms with Gasteiger partial charge in [0.05, 0.1) is 11.7 Å². The normalized spacial score (nSPS) is 19.1. The number of rotatable bonds is 9. The van der Waals surface area contributed by atoms with Crippen LogP contribution in [0.2, 0.25) is 0 Å². The lowest BCUT2D eigenvalue weighted by molar-refractivity contribution is -0.0557. The summed E-state index contributed by atoms with van der Waals surface area (Å²) in [6.07, 6.45) is 3.79. The average molecular weight is 244 g/mol. The molecule has 0 rings (SSSR count). The molecule has 104 valence electrons. The fourth-order valence-electron chi connectivity index (χ4n) is 2.32. The van der Waals surface area contributed by atoms with Gasteiger partial charge in [-0.3, -0.25) is 0 Å². The summed E-state index contributed by atoms with van der Waals surface area (Å²) in [7, 11) is 1.83. The molecule has 0 aromatic heterocycles. The van der Waals surface area contributed by atoms with E-state index in [1.165, 1.54) is 6.42 Å². The molecule has 0 bridgehead atoms. The molecule has 2 nitrogen and oxygen atoms in total. The summed E-state index contributed by atoms with van der Waals surface area (Å²) in [6.45, 7) is 14.0. The molecule has 0 aliphatic rings. The molecule has 0 aliphatic carbocycles. The van der Waals surface area contributed by atoms with E-state index in [1.54, 1.807) is 0 Å². The summed E-state index contributed by atoms with van der Waals surface area (Å²) in [5.74, 6) is 1.16. The maximum atomic E-state index is 5.73. The van der Waals surface area contributed by atoms with Gasteiger partial charge < -0.3 is 9.47 Å². The van der Waals surface area contributed by atoms with Gasteiger partial charge in [0, 0.05) is 13.7 Å². The van der Waals surface area contributed by atoms with Gasteiger partial charge in [0.15, 0.2) is 0 Å². The fourth-order valence-corrected chi connectivity index (χ4v) is 2.32. The lowest BCUT2D eigenvalue weighted by Gasteiger charge is -2.36. The monoisotopic (exact) mass is 244 g/mol. The third-order valence-corrected chi connectivity index (χ3v) is 3.73. The highest BCUT2D eigenvalue weighted by Crippen LogP contribution is 2.31. The standard InChI is InChI=1S/C15H32O2/c1-8-9-15(6,16-7)14(5)10-13(4)11-17-12(2)3/h12-14H,8-11H2,1-7H3. The molecule has 17 heavy (non-hydrogen) atoms. The fraction of sp³-hybridized carbons (Fsp3) is 1.00. The lowest BCUT2D eigenvalue weighted by atomic mass is 9.81. The first kappa shape index (κ1) is 16.9. The lowest BCUT2D eigenvalue weighted by Crippen LogP contribution is -2.36. The predicted octanol–water partition coefficient (Wildman–Crippen LogP) is 4.28. The quantitative estimate of drug-likeness (QED) is 0.603. The van der Waals surface area contributed by atoms with Crippen molar-refractivity contribution >= 4 is 0 Å². The zero-order valence-electron chi connectivity index (χ0n) is 12.9. The first-order valence-electron chi connectivity index (χ1n) is 7.02. The highest BCUT2D eigenvalue weighted by Gasteiger charge is 2.30. The van der Waals surface area contributed by atoms with Crippen LogP contribution in [-0.2, 0) is 9.47 Å². The van der Waals surface area contributed by atoms with E-state index >= 15 is 0 Å². The molecule has 0 aromatic carbocycles. The highest BCUT2D eigenvalue weighted by atomic mass is 16.5. The van der Waals surface area contributed by atoms with Crippen molar-refractivity contribution in [3.8, 4) is 0 Å². The van der Waals surface area contributed by atoms with Gasteiger partial charge in [0.1, 0.15) is 0 Å². The Kier molecular flexibility index (Phi) is 8.06. The zero-order valence-corrected chi connectivity index (χ0v) is 12.9. The summed E-state index contributed by atoms with van der Waals surface area (Å²) in [6, 6.07) is 0. The van der Waals surface area contributed by atoms with Crippen LogP contribution in [0.5, 0.6) is 0 Å². The van der Waals surface area contributed by atoms with E-state index in [4.69, 9.17) is 9.47 Å². The van der Waals surface area contributed by atoms with Crippen molar-refractivity contribution in [2.75, 3.05) is 13.7 Å². The number of hydrogen-bond donors (Lipinski definition) is 0. The Morgan fingerprint density at radius 2 is 1.71 bits per heavy atom. The van der Waals surface area contributed by atoms with E-state index in [2.05, 4.69) is 41.5 Å². The van der Waals surface area contributed by atoms with Crippen LogP contribution < -0.4 is 0 Å². The third kappa shape index (κ3) is 6.42. The number of hydrogen-bond acceptors (Lipinski definition) is 2. The molecule has 0 aliphatic heterocycles. The summed E-state index contributed by atoms with van der Waals surface area (Å²) in [5, 5.41) is 0. The molecule has 0 amide bonds. The van der Waals surface area contributed by atoms with Crippen LogP contribution >= 0.6 is 0 Å². The minimum absolute atomic E-state index is 0.0147. The summed E-state index contributed by atoms with van der Waals surface area (Å²) in [4.78, 5) is 0. The highest BCUT2D eigenvalue weighted by molar-refractivity contribution is 4.81. The van der Waals surface area contributed by atoms with Crippen molar-refractivity contribution in [2.24, 2.45) is 11.8 Å². The van der Waals surface area contributed by atoms with Crippen LogP contribution in [0.4, 0.5) is 0 Å². The van der Waals surface area contributed by atoms with E-state index < -0.39 is 0 Å². The summed E-state index contributed by atoms with van der Waals surface area (Å²) in [5.41, 5.74) is 0.0147. The molecule has 0 saturated heterocycles. The molecule has 3 unspecified atom stereocenters. The van der Waals surface area contributed by atoms with Crippen molar-refractivity contribution in [3.63, 3.8) is 0 Å². The third-order valence-electron chi connectivity index (χ3n) is 3.73. The Hall–Kier alpha value is -0.0800. The molecular formula is C15H32O2. The van der Waals surface area contributed by atoms with Crippen LogP contribution in [0, 0.1) is 11.8 Å². The number of methoxy groups -OCH3 is 1. The minimum Gasteiger partial charge on any atom is -0.379 e. The molecule has 0 N–H and O–H groups in total. The van der Waals surface area contributed by atoms with Crippen LogP contribution in [-0.4, -0.2) is 25.4 Å². The van der Waals surface area contributed by atoms with Gasteiger partial charge in [0.25, 0.3) is 0 Å². The van der Waals surface area contributed by atoms with Gasteiger partial charge in [0.2, 0.25) is 0 Å². The first-order chi connectivity index (χ1) is 7.85. The van der Waals surface area contributed by atoms with Crippen LogP contribution in [0.3, 0.4) is 0 Å². The number of ether oxygens (including phenoxy) is 2. The predicted molar refractivity (Wildman–Crippen MR) is 74.4 cm³/mol. The Labute approximate surface area is 108 Å². The minimum atomic E-state index is 0.0147. The van der Waals surface area contributed by atoms with Crippen molar-refractivity contribution in [1.29, 1.82) is 0 Å². The maximum Gasteiger partial charge on any atom is 0.0676 e.